The number of anilines is 2. The van der Waals surface area contributed by atoms with Gasteiger partial charge >= 0.3 is 0 Å². The maximum atomic E-state index is 13.3. The predicted molar refractivity (Wildman–Crippen MR) is 146 cm³/mol. The van der Waals surface area contributed by atoms with Gasteiger partial charge in [0.15, 0.2) is 0 Å². The lowest BCUT2D eigenvalue weighted by Gasteiger charge is -2.33. The smallest absolute Gasteiger partial charge is 0.270 e. The van der Waals surface area contributed by atoms with Gasteiger partial charge in [-0.05, 0) is 55.0 Å². The molecule has 192 valence electrons. The van der Waals surface area contributed by atoms with E-state index in [0.29, 0.717) is 30.1 Å². The Morgan fingerprint density at radius 1 is 1.00 bits per heavy atom. The summed E-state index contributed by atoms with van der Waals surface area (Å²) in [6.45, 7) is 4.43. The van der Waals surface area contributed by atoms with Crippen LogP contribution in [0.25, 0.3) is 0 Å². The number of hydrogen-bond donors (Lipinski definition) is 2. The van der Waals surface area contributed by atoms with Crippen molar-refractivity contribution < 1.29 is 14.5 Å². The first-order chi connectivity index (χ1) is 17.8. The van der Waals surface area contributed by atoms with Crippen LogP contribution in [-0.2, 0) is 6.42 Å². The van der Waals surface area contributed by atoms with Crippen LogP contribution in [0.3, 0.4) is 0 Å². The third-order valence-electron chi connectivity index (χ3n) is 6.57. The zero-order valence-electron chi connectivity index (χ0n) is 20.6. The van der Waals surface area contributed by atoms with E-state index in [1.165, 1.54) is 12.1 Å². The third-order valence-corrected chi connectivity index (χ3v) is 6.89. The van der Waals surface area contributed by atoms with E-state index in [1.807, 2.05) is 36.4 Å². The summed E-state index contributed by atoms with van der Waals surface area (Å²) < 4.78 is 0. The number of hydrogen-bond acceptors (Lipinski definition) is 5. The molecule has 2 N–H and O–H groups in total. The minimum absolute atomic E-state index is 0.0235. The Bertz CT molecular complexity index is 1290. The number of non-ortho nitro benzene ring substituents is 1. The van der Waals surface area contributed by atoms with Gasteiger partial charge in [-0.15, -0.1) is 0 Å². The van der Waals surface area contributed by atoms with Gasteiger partial charge in [-0.1, -0.05) is 48.9 Å². The number of rotatable bonds is 8. The number of carbonyl (C=O) groups excluding carboxylic acids is 2. The van der Waals surface area contributed by atoms with Crippen LogP contribution in [0.2, 0.25) is 5.02 Å². The van der Waals surface area contributed by atoms with Crippen molar-refractivity contribution in [2.75, 3.05) is 29.9 Å². The SMILES string of the molecule is CC1CCN(c2ccc(NC(=O)c3ccc([N+](=O)[O-])cc3Cl)cc2C(=O)NCCc2ccccc2)CC1. The first-order valence-corrected chi connectivity index (χ1v) is 12.7. The van der Waals surface area contributed by atoms with Crippen molar-refractivity contribution in [3.63, 3.8) is 0 Å². The number of piperidine rings is 1. The van der Waals surface area contributed by atoms with Crippen molar-refractivity contribution in [2.24, 2.45) is 5.92 Å². The summed E-state index contributed by atoms with van der Waals surface area (Å²) >= 11 is 6.13. The molecule has 8 nitrogen and oxygen atoms in total. The summed E-state index contributed by atoms with van der Waals surface area (Å²) in [7, 11) is 0. The normalized spacial score (nSPS) is 13.7. The van der Waals surface area contributed by atoms with Crippen LogP contribution in [0.15, 0.2) is 66.7 Å². The second-order valence-electron chi connectivity index (χ2n) is 9.27. The molecule has 3 aromatic rings. The number of carbonyl (C=O) groups is 2. The molecule has 4 rings (SSSR count). The van der Waals surface area contributed by atoms with Gasteiger partial charge in [-0.2, -0.15) is 0 Å². The van der Waals surface area contributed by atoms with Crippen LogP contribution < -0.4 is 15.5 Å². The highest BCUT2D eigenvalue weighted by molar-refractivity contribution is 6.34. The number of benzene rings is 3. The molecule has 0 radical (unpaired) electrons. The summed E-state index contributed by atoms with van der Waals surface area (Å²) in [5.74, 6) is -0.0895. The monoisotopic (exact) mass is 520 g/mol. The third kappa shape index (κ3) is 6.65. The summed E-state index contributed by atoms with van der Waals surface area (Å²) in [6, 6.07) is 18.9. The Balaban J connectivity index is 1.54. The van der Waals surface area contributed by atoms with Crippen molar-refractivity contribution in [3.8, 4) is 0 Å². The second-order valence-corrected chi connectivity index (χ2v) is 9.68. The van der Waals surface area contributed by atoms with Crippen LogP contribution in [-0.4, -0.2) is 36.4 Å². The standard InChI is InChI=1S/C28H29ClN4O4/c1-19-12-15-32(16-13-19)26-10-7-21(31-28(35)23-9-8-22(33(36)37)18-25(23)29)17-24(26)27(34)30-14-11-20-5-3-2-4-6-20/h2-10,17-19H,11-16H2,1H3,(H,30,34)(H,31,35). The van der Waals surface area contributed by atoms with E-state index in [4.69, 9.17) is 11.6 Å². The van der Waals surface area contributed by atoms with E-state index < -0.39 is 10.8 Å². The van der Waals surface area contributed by atoms with E-state index in [2.05, 4.69) is 22.5 Å². The quantitative estimate of drug-likeness (QED) is 0.292. The molecule has 0 bridgehead atoms. The average Bonchev–Trinajstić information content (AvgIpc) is 2.89. The predicted octanol–water partition coefficient (Wildman–Crippen LogP) is 5.71. The molecule has 0 atom stereocenters. The number of halogens is 1. The highest BCUT2D eigenvalue weighted by Crippen LogP contribution is 2.30. The number of nitro benzene ring substituents is 1. The summed E-state index contributed by atoms with van der Waals surface area (Å²) in [5, 5.41) is 16.7. The van der Waals surface area contributed by atoms with Crippen LogP contribution >= 0.6 is 11.6 Å². The molecule has 2 amide bonds. The average molecular weight is 521 g/mol. The maximum absolute atomic E-state index is 13.3. The van der Waals surface area contributed by atoms with E-state index in [1.54, 1.807) is 12.1 Å². The van der Waals surface area contributed by atoms with Gasteiger partial charge in [0.2, 0.25) is 0 Å². The maximum Gasteiger partial charge on any atom is 0.270 e. The molecule has 0 aliphatic carbocycles. The van der Waals surface area contributed by atoms with Gasteiger partial charge in [-0.25, -0.2) is 0 Å². The zero-order valence-corrected chi connectivity index (χ0v) is 21.3. The number of nitro groups is 1. The fraction of sp³-hybridized carbons (Fsp3) is 0.286. The van der Waals surface area contributed by atoms with E-state index in [0.717, 1.165) is 43.2 Å². The Morgan fingerprint density at radius 3 is 2.41 bits per heavy atom. The number of nitrogens with zero attached hydrogens (tertiary/aromatic N) is 2. The summed E-state index contributed by atoms with van der Waals surface area (Å²) in [6.07, 6.45) is 2.80. The van der Waals surface area contributed by atoms with Gasteiger partial charge in [0, 0.05) is 43.1 Å². The highest BCUT2D eigenvalue weighted by Gasteiger charge is 2.22. The van der Waals surface area contributed by atoms with E-state index >= 15 is 0 Å². The second kappa shape index (κ2) is 11.9. The number of amides is 2. The van der Waals surface area contributed by atoms with Crippen molar-refractivity contribution in [1.82, 2.24) is 5.32 Å². The zero-order chi connectivity index (χ0) is 26.4. The van der Waals surface area contributed by atoms with Crippen molar-refractivity contribution >= 4 is 40.5 Å². The van der Waals surface area contributed by atoms with Crippen molar-refractivity contribution in [1.29, 1.82) is 0 Å². The van der Waals surface area contributed by atoms with Crippen LogP contribution in [0, 0.1) is 16.0 Å². The van der Waals surface area contributed by atoms with Crippen molar-refractivity contribution in [3.05, 3.63) is 98.6 Å². The Kier molecular flexibility index (Phi) is 8.40. The molecule has 1 aliphatic heterocycles. The Labute approximate surface area is 220 Å². The lowest BCUT2D eigenvalue weighted by atomic mass is 9.97. The fourth-order valence-electron chi connectivity index (χ4n) is 4.38. The van der Waals surface area contributed by atoms with E-state index in [-0.39, 0.29) is 22.2 Å². The molecule has 1 heterocycles. The molecule has 37 heavy (non-hydrogen) atoms. The molecule has 0 aromatic heterocycles. The molecule has 0 unspecified atom stereocenters. The highest BCUT2D eigenvalue weighted by atomic mass is 35.5. The molecular weight excluding hydrogens is 492 g/mol. The molecule has 0 spiro atoms. The van der Waals surface area contributed by atoms with Crippen LogP contribution in [0.4, 0.5) is 17.1 Å². The largest absolute Gasteiger partial charge is 0.371 e. The minimum atomic E-state index is -0.573. The molecule has 1 aliphatic rings. The topological polar surface area (TPSA) is 105 Å². The molecule has 1 saturated heterocycles. The molecule has 1 fully saturated rings. The van der Waals surface area contributed by atoms with Crippen LogP contribution in [0.5, 0.6) is 0 Å². The Morgan fingerprint density at radius 2 is 1.73 bits per heavy atom. The van der Waals surface area contributed by atoms with Crippen molar-refractivity contribution in [2.45, 2.75) is 26.2 Å². The minimum Gasteiger partial charge on any atom is -0.371 e. The van der Waals surface area contributed by atoms with Gasteiger partial charge in [0.1, 0.15) is 0 Å². The lowest BCUT2D eigenvalue weighted by molar-refractivity contribution is -0.384. The van der Waals surface area contributed by atoms with Gasteiger partial charge in [0.05, 0.1) is 21.1 Å². The fourth-order valence-corrected chi connectivity index (χ4v) is 4.64. The van der Waals surface area contributed by atoms with E-state index in [9.17, 15) is 19.7 Å². The summed E-state index contributed by atoms with van der Waals surface area (Å²) in [4.78, 5) is 38.8. The Hall–Kier alpha value is -3.91. The molecule has 3 aromatic carbocycles. The van der Waals surface area contributed by atoms with Gasteiger partial charge < -0.3 is 15.5 Å². The number of nitrogens with one attached hydrogen (secondary N) is 2. The van der Waals surface area contributed by atoms with Gasteiger partial charge in [0.25, 0.3) is 17.5 Å². The molecule has 0 saturated carbocycles. The van der Waals surface area contributed by atoms with Gasteiger partial charge in [-0.3, -0.25) is 19.7 Å². The van der Waals surface area contributed by atoms with Crippen LogP contribution in [0.1, 0.15) is 46.0 Å². The first kappa shape index (κ1) is 26.2. The molecular formula is C28H29ClN4O4. The first-order valence-electron chi connectivity index (χ1n) is 12.3. The summed E-state index contributed by atoms with van der Waals surface area (Å²) in [5.41, 5.74) is 2.79. The lowest BCUT2D eigenvalue weighted by Crippen LogP contribution is -2.35. The molecule has 9 heteroatoms.